The van der Waals surface area contributed by atoms with Gasteiger partial charge in [0.05, 0.1) is 0 Å². The zero-order chi connectivity index (χ0) is 14.5. The lowest BCUT2D eigenvalue weighted by atomic mass is 10.1. The molecule has 4 nitrogen and oxygen atoms in total. The van der Waals surface area contributed by atoms with E-state index in [0.717, 1.165) is 25.2 Å². The maximum absolute atomic E-state index is 12.9. The molecule has 0 aliphatic carbocycles. The number of nitrogens with two attached hydrogens (primary N) is 1. The van der Waals surface area contributed by atoms with Crippen LogP contribution in [0.4, 0.5) is 10.1 Å². The van der Waals surface area contributed by atoms with E-state index >= 15 is 0 Å². The van der Waals surface area contributed by atoms with Crippen LogP contribution in [0.3, 0.4) is 0 Å². The first-order chi connectivity index (χ1) is 9.60. The molecule has 1 aromatic carbocycles. The Labute approximate surface area is 119 Å². The Hall–Kier alpha value is -1.62. The molecule has 2 N–H and O–H groups in total. The van der Waals surface area contributed by atoms with Gasteiger partial charge in [-0.1, -0.05) is 6.92 Å². The van der Waals surface area contributed by atoms with Crippen molar-refractivity contribution in [3.05, 3.63) is 30.1 Å². The van der Waals surface area contributed by atoms with Gasteiger partial charge in [0.2, 0.25) is 5.91 Å². The van der Waals surface area contributed by atoms with E-state index < -0.39 is 0 Å². The molecule has 1 heterocycles. The number of hydrogen-bond donors (Lipinski definition) is 1. The molecule has 1 saturated heterocycles. The zero-order valence-corrected chi connectivity index (χ0v) is 11.9. The number of benzene rings is 1. The number of amides is 1. The summed E-state index contributed by atoms with van der Waals surface area (Å²) in [6, 6.07) is 6.44. The molecule has 20 heavy (non-hydrogen) atoms. The van der Waals surface area contributed by atoms with Crippen LogP contribution in [-0.2, 0) is 4.79 Å². The highest BCUT2D eigenvalue weighted by Crippen LogP contribution is 2.17. The van der Waals surface area contributed by atoms with Crippen LogP contribution < -0.4 is 10.6 Å². The molecule has 0 bridgehead atoms. The van der Waals surface area contributed by atoms with Crippen LogP contribution in [0, 0.1) is 5.82 Å². The zero-order valence-electron chi connectivity index (χ0n) is 11.9. The largest absolute Gasteiger partial charge is 0.368 e. The molecular formula is C15H22FN3O. The minimum Gasteiger partial charge on any atom is -0.368 e. The van der Waals surface area contributed by atoms with E-state index in [4.69, 9.17) is 5.73 Å². The number of hydrogen-bond acceptors (Lipinski definition) is 3. The molecule has 1 atom stereocenters. The Balaban J connectivity index is 1.86. The van der Waals surface area contributed by atoms with Crippen molar-refractivity contribution in [3.8, 4) is 0 Å². The molecule has 1 aromatic rings. The summed E-state index contributed by atoms with van der Waals surface area (Å²) in [7, 11) is 0. The van der Waals surface area contributed by atoms with Crippen LogP contribution in [0.5, 0.6) is 0 Å². The average Bonchev–Trinajstić information content (AvgIpc) is 2.48. The van der Waals surface area contributed by atoms with E-state index in [2.05, 4.69) is 4.90 Å². The SMILES string of the molecule is CCC(N)CC(=O)N1CCN(c2ccc(F)cc2)CC1. The quantitative estimate of drug-likeness (QED) is 0.911. The number of halogens is 1. The van der Waals surface area contributed by atoms with Crippen molar-refractivity contribution in [1.82, 2.24) is 4.90 Å². The molecule has 1 unspecified atom stereocenters. The third kappa shape index (κ3) is 3.70. The van der Waals surface area contributed by atoms with Crippen molar-refractivity contribution < 1.29 is 9.18 Å². The first-order valence-corrected chi connectivity index (χ1v) is 7.14. The highest BCUT2D eigenvalue weighted by Gasteiger charge is 2.22. The summed E-state index contributed by atoms with van der Waals surface area (Å²) in [5, 5.41) is 0. The summed E-state index contributed by atoms with van der Waals surface area (Å²) in [6.45, 7) is 4.95. The molecule has 1 aliphatic rings. The van der Waals surface area contributed by atoms with E-state index in [-0.39, 0.29) is 17.8 Å². The lowest BCUT2D eigenvalue weighted by Crippen LogP contribution is -2.49. The van der Waals surface area contributed by atoms with Crippen molar-refractivity contribution in [1.29, 1.82) is 0 Å². The van der Waals surface area contributed by atoms with E-state index in [1.807, 2.05) is 11.8 Å². The second-order valence-electron chi connectivity index (χ2n) is 5.22. The van der Waals surface area contributed by atoms with Crippen LogP contribution in [0.2, 0.25) is 0 Å². The highest BCUT2D eigenvalue weighted by molar-refractivity contribution is 5.77. The normalized spacial score (nSPS) is 17.1. The van der Waals surface area contributed by atoms with Crippen LogP contribution in [0.25, 0.3) is 0 Å². The van der Waals surface area contributed by atoms with E-state index in [1.165, 1.54) is 12.1 Å². The van der Waals surface area contributed by atoms with E-state index in [0.29, 0.717) is 19.5 Å². The third-order valence-electron chi connectivity index (χ3n) is 3.79. The predicted molar refractivity (Wildman–Crippen MR) is 78.1 cm³/mol. The summed E-state index contributed by atoms with van der Waals surface area (Å²) in [6.07, 6.45) is 1.24. The fourth-order valence-corrected chi connectivity index (χ4v) is 2.36. The Kier molecular flexibility index (Phi) is 4.95. The Morgan fingerprint density at radius 3 is 2.40 bits per heavy atom. The molecular weight excluding hydrogens is 257 g/mol. The van der Waals surface area contributed by atoms with Crippen LogP contribution >= 0.6 is 0 Å². The third-order valence-corrected chi connectivity index (χ3v) is 3.79. The van der Waals surface area contributed by atoms with Gasteiger partial charge < -0.3 is 15.5 Å². The summed E-state index contributed by atoms with van der Waals surface area (Å²) >= 11 is 0. The van der Waals surface area contributed by atoms with Crippen molar-refractivity contribution in [3.63, 3.8) is 0 Å². The first-order valence-electron chi connectivity index (χ1n) is 7.14. The van der Waals surface area contributed by atoms with Crippen molar-refractivity contribution >= 4 is 11.6 Å². The molecule has 5 heteroatoms. The topological polar surface area (TPSA) is 49.6 Å². The van der Waals surface area contributed by atoms with Gasteiger partial charge in [0.1, 0.15) is 5.82 Å². The number of piperazine rings is 1. The van der Waals surface area contributed by atoms with Gasteiger partial charge in [0, 0.05) is 44.3 Å². The fraction of sp³-hybridized carbons (Fsp3) is 0.533. The molecule has 1 fully saturated rings. The van der Waals surface area contributed by atoms with Gasteiger partial charge in [-0.25, -0.2) is 4.39 Å². The van der Waals surface area contributed by atoms with E-state index in [1.54, 1.807) is 12.1 Å². The lowest BCUT2D eigenvalue weighted by Gasteiger charge is -2.36. The van der Waals surface area contributed by atoms with Crippen LogP contribution in [0.1, 0.15) is 19.8 Å². The minimum atomic E-state index is -0.226. The van der Waals surface area contributed by atoms with Crippen molar-refractivity contribution in [2.24, 2.45) is 5.73 Å². The smallest absolute Gasteiger partial charge is 0.224 e. The second kappa shape index (κ2) is 6.70. The Bertz CT molecular complexity index is 441. The van der Waals surface area contributed by atoms with Gasteiger partial charge in [0.25, 0.3) is 0 Å². The summed E-state index contributed by atoms with van der Waals surface area (Å²) in [4.78, 5) is 16.1. The molecule has 0 saturated carbocycles. The van der Waals surface area contributed by atoms with E-state index in [9.17, 15) is 9.18 Å². The highest BCUT2D eigenvalue weighted by atomic mass is 19.1. The van der Waals surface area contributed by atoms with Crippen LogP contribution in [0.15, 0.2) is 24.3 Å². The standard InChI is InChI=1S/C15H22FN3O/c1-2-13(17)11-15(20)19-9-7-18(8-10-19)14-5-3-12(16)4-6-14/h3-6,13H,2,7-11,17H2,1H3. The molecule has 2 rings (SSSR count). The maximum atomic E-state index is 12.9. The first kappa shape index (κ1) is 14.8. The summed E-state index contributed by atoms with van der Waals surface area (Å²) in [5.74, 6) is -0.0887. The second-order valence-corrected chi connectivity index (χ2v) is 5.22. The molecule has 0 aromatic heterocycles. The molecule has 1 amide bonds. The Morgan fingerprint density at radius 1 is 1.25 bits per heavy atom. The molecule has 110 valence electrons. The number of nitrogens with zero attached hydrogens (tertiary/aromatic N) is 2. The predicted octanol–water partition coefficient (Wildman–Crippen LogP) is 1.60. The van der Waals surface area contributed by atoms with Crippen molar-refractivity contribution in [2.75, 3.05) is 31.1 Å². The van der Waals surface area contributed by atoms with Gasteiger partial charge in [-0.3, -0.25) is 4.79 Å². The van der Waals surface area contributed by atoms with Gasteiger partial charge in [-0.05, 0) is 30.7 Å². The number of anilines is 1. The number of carbonyl (C=O) groups excluding carboxylic acids is 1. The summed E-state index contributed by atoms with van der Waals surface area (Å²) < 4.78 is 12.9. The molecule has 1 aliphatic heterocycles. The molecule has 0 spiro atoms. The average molecular weight is 279 g/mol. The van der Waals surface area contributed by atoms with Crippen LogP contribution in [-0.4, -0.2) is 43.0 Å². The van der Waals surface area contributed by atoms with Gasteiger partial charge in [0.15, 0.2) is 0 Å². The monoisotopic (exact) mass is 279 g/mol. The fourth-order valence-electron chi connectivity index (χ4n) is 2.36. The molecule has 0 radical (unpaired) electrons. The Morgan fingerprint density at radius 2 is 1.85 bits per heavy atom. The number of rotatable bonds is 4. The van der Waals surface area contributed by atoms with Gasteiger partial charge in [-0.2, -0.15) is 0 Å². The number of carbonyl (C=O) groups is 1. The minimum absolute atomic E-state index is 0.0439. The maximum Gasteiger partial charge on any atom is 0.224 e. The summed E-state index contributed by atoms with van der Waals surface area (Å²) in [5.41, 5.74) is 6.82. The van der Waals surface area contributed by atoms with Gasteiger partial charge >= 0.3 is 0 Å². The lowest BCUT2D eigenvalue weighted by molar-refractivity contribution is -0.131. The van der Waals surface area contributed by atoms with Gasteiger partial charge in [-0.15, -0.1) is 0 Å². The van der Waals surface area contributed by atoms with Crippen molar-refractivity contribution in [2.45, 2.75) is 25.8 Å².